The second-order valence-corrected chi connectivity index (χ2v) is 8.33. The number of nitrogens with one attached hydrogen (secondary N) is 1. The van der Waals surface area contributed by atoms with Crippen LogP contribution in [0.2, 0.25) is 10.0 Å². The normalized spacial score (nSPS) is 12.7. The molecule has 2 aromatic carbocycles. The topological polar surface area (TPSA) is 46.9 Å². The van der Waals surface area contributed by atoms with Crippen molar-refractivity contribution in [2.24, 2.45) is 0 Å². The maximum atomic E-state index is 13.4. The third kappa shape index (κ3) is 5.70. The van der Waals surface area contributed by atoms with Gasteiger partial charge in [0.25, 0.3) is 5.56 Å². The zero-order chi connectivity index (χ0) is 26.5. The summed E-state index contributed by atoms with van der Waals surface area (Å²) in [7, 11) is 0. The van der Waals surface area contributed by atoms with E-state index in [0.29, 0.717) is 4.57 Å². The Kier molecular flexibility index (Phi) is 7.14. The first-order valence-electron chi connectivity index (χ1n) is 8.82. The molecule has 3 rings (SSSR count). The molecule has 0 saturated heterocycles. The van der Waals surface area contributed by atoms with Gasteiger partial charge >= 0.3 is 18.5 Å². The molecular weight excluding hydrogens is 608 g/mol. The SMILES string of the molecule is O=c1c(Cl)c(C(F)(F)F)nc(Nc2cc(C(F)(F)F)cc(C(F)(F)F)c2Br)n1-c1ccc(Cl)cc1. The Morgan fingerprint density at radius 3 is 1.91 bits per heavy atom. The van der Waals surface area contributed by atoms with Crippen LogP contribution in [0.4, 0.5) is 51.1 Å². The lowest BCUT2D eigenvalue weighted by atomic mass is 10.1. The Balaban J connectivity index is 2.36. The van der Waals surface area contributed by atoms with Crippen molar-refractivity contribution in [3.05, 3.63) is 78.1 Å². The third-order valence-corrected chi connectivity index (χ3v) is 5.78. The molecule has 3 aromatic rings. The van der Waals surface area contributed by atoms with Gasteiger partial charge in [0.2, 0.25) is 5.95 Å². The first kappa shape index (κ1) is 27.1. The molecule has 1 aromatic heterocycles. The summed E-state index contributed by atoms with van der Waals surface area (Å²) in [6.45, 7) is 0. The molecule has 0 fully saturated rings. The fourth-order valence-electron chi connectivity index (χ4n) is 2.81. The Bertz CT molecular complexity index is 1330. The lowest BCUT2D eigenvalue weighted by Gasteiger charge is -2.20. The summed E-state index contributed by atoms with van der Waals surface area (Å²) in [5.41, 5.74) is -8.11. The van der Waals surface area contributed by atoms with Gasteiger partial charge in [-0.2, -0.15) is 39.5 Å². The van der Waals surface area contributed by atoms with E-state index in [1.165, 1.54) is 12.1 Å². The van der Waals surface area contributed by atoms with Gasteiger partial charge in [-0.1, -0.05) is 23.2 Å². The quantitative estimate of drug-likeness (QED) is 0.303. The molecule has 0 bridgehead atoms. The summed E-state index contributed by atoms with van der Waals surface area (Å²) in [5.74, 6) is -1.07. The van der Waals surface area contributed by atoms with Crippen molar-refractivity contribution in [3.8, 4) is 5.69 Å². The predicted molar refractivity (Wildman–Crippen MR) is 112 cm³/mol. The van der Waals surface area contributed by atoms with Crippen molar-refractivity contribution < 1.29 is 39.5 Å². The van der Waals surface area contributed by atoms with Gasteiger partial charge in [-0.15, -0.1) is 0 Å². The van der Waals surface area contributed by atoms with Crippen LogP contribution in [0.5, 0.6) is 0 Å². The van der Waals surface area contributed by atoms with Crippen molar-refractivity contribution in [1.29, 1.82) is 0 Å². The van der Waals surface area contributed by atoms with Gasteiger partial charge in [0.05, 0.1) is 27.0 Å². The summed E-state index contributed by atoms with van der Waals surface area (Å²) in [5, 5.41) is 0.746. The summed E-state index contributed by atoms with van der Waals surface area (Å²) >= 11 is 13.8. The van der Waals surface area contributed by atoms with E-state index in [2.05, 4.69) is 20.9 Å². The van der Waals surface area contributed by atoms with Gasteiger partial charge in [0, 0.05) is 5.02 Å². The van der Waals surface area contributed by atoms with Crippen LogP contribution in [-0.4, -0.2) is 9.55 Å². The van der Waals surface area contributed by atoms with Gasteiger partial charge in [-0.25, -0.2) is 9.55 Å². The highest BCUT2D eigenvalue weighted by Crippen LogP contribution is 2.44. The number of aromatic nitrogens is 2. The summed E-state index contributed by atoms with van der Waals surface area (Å²) < 4.78 is 120. The second kappa shape index (κ2) is 9.21. The van der Waals surface area contributed by atoms with Gasteiger partial charge in [0.1, 0.15) is 5.02 Å². The molecule has 4 nitrogen and oxygen atoms in total. The van der Waals surface area contributed by atoms with Crippen molar-refractivity contribution in [3.63, 3.8) is 0 Å². The minimum Gasteiger partial charge on any atom is -0.324 e. The van der Waals surface area contributed by atoms with Crippen molar-refractivity contribution in [1.82, 2.24) is 9.55 Å². The molecule has 0 saturated carbocycles. The van der Waals surface area contributed by atoms with Crippen LogP contribution in [0.15, 0.2) is 45.7 Å². The van der Waals surface area contributed by atoms with E-state index >= 15 is 0 Å². The van der Waals surface area contributed by atoms with E-state index in [1.54, 1.807) is 0 Å². The van der Waals surface area contributed by atoms with Gasteiger partial charge in [-0.05, 0) is 52.3 Å². The molecule has 0 radical (unpaired) electrons. The number of alkyl halides is 9. The molecule has 188 valence electrons. The summed E-state index contributed by atoms with van der Waals surface area (Å²) in [4.78, 5) is 15.9. The molecule has 1 heterocycles. The monoisotopic (exact) mass is 613 g/mol. The van der Waals surface area contributed by atoms with Gasteiger partial charge < -0.3 is 5.32 Å². The first-order valence-corrected chi connectivity index (χ1v) is 10.4. The van der Waals surface area contributed by atoms with E-state index in [0.717, 1.165) is 12.1 Å². The third-order valence-electron chi connectivity index (χ3n) is 4.33. The van der Waals surface area contributed by atoms with Crippen LogP contribution in [0.1, 0.15) is 16.8 Å². The highest BCUT2D eigenvalue weighted by molar-refractivity contribution is 9.10. The molecule has 35 heavy (non-hydrogen) atoms. The summed E-state index contributed by atoms with van der Waals surface area (Å²) in [6.07, 6.45) is -15.8. The Hall–Kier alpha value is -2.45. The van der Waals surface area contributed by atoms with Gasteiger partial charge in [0.15, 0.2) is 5.69 Å². The molecule has 0 unspecified atom stereocenters. The number of hydrogen-bond acceptors (Lipinski definition) is 3. The van der Waals surface area contributed by atoms with E-state index < -0.39 is 62.0 Å². The van der Waals surface area contributed by atoms with Crippen molar-refractivity contribution >= 4 is 50.8 Å². The molecule has 0 spiro atoms. The molecular formula is C19H7BrCl2F9N3O. The second-order valence-electron chi connectivity index (χ2n) is 6.72. The Labute approximate surface area is 207 Å². The average molecular weight is 615 g/mol. The van der Waals surface area contributed by atoms with E-state index in [1.807, 2.05) is 5.32 Å². The van der Waals surface area contributed by atoms with E-state index in [9.17, 15) is 44.3 Å². The van der Waals surface area contributed by atoms with Crippen LogP contribution >= 0.6 is 39.1 Å². The molecule has 0 atom stereocenters. The minimum absolute atomic E-state index is 0.151. The van der Waals surface area contributed by atoms with Crippen LogP contribution < -0.4 is 10.9 Å². The van der Waals surface area contributed by atoms with Crippen molar-refractivity contribution in [2.45, 2.75) is 18.5 Å². The zero-order valence-electron chi connectivity index (χ0n) is 16.3. The largest absolute Gasteiger partial charge is 0.435 e. The maximum absolute atomic E-state index is 13.4. The fourth-order valence-corrected chi connectivity index (χ4v) is 3.72. The van der Waals surface area contributed by atoms with Crippen LogP contribution in [0, 0.1) is 0 Å². The number of anilines is 2. The molecule has 0 aliphatic heterocycles. The molecule has 0 aliphatic carbocycles. The van der Waals surface area contributed by atoms with E-state index in [4.69, 9.17) is 23.2 Å². The lowest BCUT2D eigenvalue weighted by Crippen LogP contribution is -2.27. The standard InChI is InChI=1S/C19H7BrCl2F9N3O/c20-12-10(18(26,27)28)5-7(17(23,24)25)6-11(12)32-16-33-14(19(29,30)31)13(22)15(35)34(16)9-3-1-8(21)2-4-9/h1-6H,(H,32,33). The average Bonchev–Trinajstić information content (AvgIpc) is 2.70. The number of nitrogens with zero attached hydrogens (tertiary/aromatic N) is 2. The first-order chi connectivity index (χ1) is 15.9. The van der Waals surface area contributed by atoms with Crippen LogP contribution in [0.25, 0.3) is 5.69 Å². The van der Waals surface area contributed by atoms with E-state index in [-0.39, 0.29) is 22.8 Å². The Morgan fingerprint density at radius 1 is 0.857 bits per heavy atom. The molecule has 1 N–H and O–H groups in total. The molecule has 16 heteroatoms. The number of halogens is 12. The van der Waals surface area contributed by atoms with Gasteiger partial charge in [-0.3, -0.25) is 4.79 Å². The number of hydrogen-bond donors (Lipinski definition) is 1. The maximum Gasteiger partial charge on any atom is 0.435 e. The predicted octanol–water partition coefficient (Wildman–Crippen LogP) is 8.10. The Morgan fingerprint density at radius 2 is 1.43 bits per heavy atom. The highest BCUT2D eigenvalue weighted by Gasteiger charge is 2.40. The van der Waals surface area contributed by atoms with Crippen molar-refractivity contribution in [2.75, 3.05) is 5.32 Å². The molecule has 0 aliphatic rings. The van der Waals surface area contributed by atoms with Crippen LogP contribution in [-0.2, 0) is 18.5 Å². The summed E-state index contributed by atoms with van der Waals surface area (Å²) in [6, 6.07) is 4.75. The smallest absolute Gasteiger partial charge is 0.324 e. The zero-order valence-corrected chi connectivity index (χ0v) is 19.4. The lowest BCUT2D eigenvalue weighted by molar-refractivity contribution is -0.143. The highest BCUT2D eigenvalue weighted by atomic mass is 79.9. The minimum atomic E-state index is -5.28. The molecule has 0 amide bonds. The fraction of sp³-hybridized carbons (Fsp3) is 0.158. The number of rotatable bonds is 3. The number of benzene rings is 2. The van der Waals surface area contributed by atoms with Crippen LogP contribution in [0.3, 0.4) is 0 Å².